The van der Waals surface area contributed by atoms with E-state index >= 15 is 0 Å². The van der Waals surface area contributed by atoms with E-state index in [4.69, 9.17) is 5.11 Å². The van der Waals surface area contributed by atoms with Gasteiger partial charge in [0.05, 0.1) is 0 Å². The highest BCUT2D eigenvalue weighted by Crippen LogP contribution is 2.05. The molecule has 0 spiro atoms. The number of aliphatic imine (C=N–C) groups is 1. The molecule has 0 radical (unpaired) electrons. The standard InChI is InChI=1S/C10H9NO3.H2O/c12-7-11-9(10(13)14)6-8-4-2-1-3-5-8;/h1-5,9H,6H2,(H,13,14);1H2/t9-;/m0./s1. The summed E-state index contributed by atoms with van der Waals surface area (Å²) in [5.74, 6) is -1.11. The number of isocyanates is 1. The molecule has 15 heavy (non-hydrogen) atoms. The van der Waals surface area contributed by atoms with Crippen LogP contribution in [-0.2, 0) is 16.0 Å². The highest BCUT2D eigenvalue weighted by molar-refractivity contribution is 5.75. The Hall–Kier alpha value is -1.97. The zero-order valence-corrected chi connectivity index (χ0v) is 7.88. The van der Waals surface area contributed by atoms with Crippen molar-refractivity contribution in [3.05, 3.63) is 35.9 Å². The summed E-state index contributed by atoms with van der Waals surface area (Å²) < 4.78 is 0. The van der Waals surface area contributed by atoms with Gasteiger partial charge in [-0.05, 0) is 5.56 Å². The normalized spacial score (nSPS) is 10.7. The summed E-state index contributed by atoms with van der Waals surface area (Å²) >= 11 is 0. The van der Waals surface area contributed by atoms with E-state index in [9.17, 15) is 9.59 Å². The van der Waals surface area contributed by atoms with Gasteiger partial charge < -0.3 is 10.6 Å². The van der Waals surface area contributed by atoms with Gasteiger partial charge in [0.2, 0.25) is 6.08 Å². The Morgan fingerprint density at radius 1 is 1.40 bits per heavy atom. The van der Waals surface area contributed by atoms with Crippen LogP contribution < -0.4 is 0 Å². The van der Waals surface area contributed by atoms with E-state index in [0.29, 0.717) is 0 Å². The maximum Gasteiger partial charge on any atom is 0.329 e. The molecule has 1 aromatic carbocycles. The van der Waals surface area contributed by atoms with Crippen molar-refractivity contribution in [1.29, 1.82) is 0 Å². The molecule has 0 unspecified atom stereocenters. The largest absolute Gasteiger partial charge is 0.480 e. The summed E-state index contributed by atoms with van der Waals surface area (Å²) in [5, 5.41) is 8.69. The number of carbonyl (C=O) groups excluding carboxylic acids is 1. The van der Waals surface area contributed by atoms with Crippen LogP contribution in [0.15, 0.2) is 35.3 Å². The van der Waals surface area contributed by atoms with Crippen molar-refractivity contribution in [2.75, 3.05) is 0 Å². The predicted octanol–water partition coefficient (Wildman–Crippen LogP) is 0.193. The molecule has 5 heteroatoms. The first-order chi connectivity index (χ1) is 6.74. The van der Waals surface area contributed by atoms with Crippen molar-refractivity contribution >= 4 is 12.0 Å². The van der Waals surface area contributed by atoms with Gasteiger partial charge in [0.25, 0.3) is 0 Å². The van der Waals surface area contributed by atoms with Crippen LogP contribution in [0, 0.1) is 0 Å². The molecule has 0 amide bonds. The Bertz CT molecular complexity index is 355. The van der Waals surface area contributed by atoms with Gasteiger partial charge in [0.1, 0.15) is 0 Å². The molecule has 0 aliphatic rings. The Balaban J connectivity index is 0.00000196. The van der Waals surface area contributed by atoms with Crippen LogP contribution in [0.2, 0.25) is 0 Å². The minimum atomic E-state index is -1.11. The molecule has 0 bridgehead atoms. The molecule has 3 N–H and O–H groups in total. The van der Waals surface area contributed by atoms with Gasteiger partial charge in [0.15, 0.2) is 6.04 Å². The molecule has 0 aliphatic heterocycles. The zero-order chi connectivity index (χ0) is 10.4. The summed E-state index contributed by atoms with van der Waals surface area (Å²) in [5.41, 5.74) is 0.832. The number of carboxylic acids is 1. The first kappa shape index (κ1) is 13.0. The summed E-state index contributed by atoms with van der Waals surface area (Å²) in [6, 6.07) is 7.99. The van der Waals surface area contributed by atoms with Crippen molar-refractivity contribution in [3.63, 3.8) is 0 Å². The third-order valence-corrected chi connectivity index (χ3v) is 1.77. The van der Waals surface area contributed by atoms with Crippen LogP contribution in [0.25, 0.3) is 0 Å². The highest BCUT2D eigenvalue weighted by Gasteiger charge is 2.16. The molecule has 0 aliphatic carbocycles. The van der Waals surface area contributed by atoms with Gasteiger partial charge in [-0.15, -0.1) is 0 Å². The summed E-state index contributed by atoms with van der Waals surface area (Å²) in [7, 11) is 0. The smallest absolute Gasteiger partial charge is 0.329 e. The average Bonchev–Trinajstić information content (AvgIpc) is 2.18. The Kier molecular flexibility index (Phi) is 5.63. The molecular formula is C10H11NO4. The number of hydrogen-bond acceptors (Lipinski definition) is 3. The SMILES string of the molecule is O.O=C=N[C@@H](Cc1ccccc1)C(=O)O. The molecule has 0 aromatic heterocycles. The molecule has 0 heterocycles. The van der Waals surface area contributed by atoms with Crippen LogP contribution >= 0.6 is 0 Å². The van der Waals surface area contributed by atoms with Crippen molar-refractivity contribution in [2.24, 2.45) is 4.99 Å². The van der Waals surface area contributed by atoms with Crippen molar-refractivity contribution in [1.82, 2.24) is 0 Å². The molecule has 80 valence electrons. The molecular weight excluding hydrogens is 198 g/mol. The monoisotopic (exact) mass is 209 g/mol. The van der Waals surface area contributed by atoms with E-state index in [1.807, 2.05) is 6.07 Å². The fraction of sp³-hybridized carbons (Fsp3) is 0.200. The number of aliphatic carboxylic acids is 1. The van der Waals surface area contributed by atoms with Crippen LogP contribution in [0.1, 0.15) is 5.56 Å². The van der Waals surface area contributed by atoms with Gasteiger partial charge in [-0.3, -0.25) is 0 Å². The predicted molar refractivity (Wildman–Crippen MR) is 53.3 cm³/mol. The lowest BCUT2D eigenvalue weighted by molar-refractivity contribution is -0.138. The number of carboxylic acid groups (broad SMARTS) is 1. The maximum absolute atomic E-state index is 10.6. The third kappa shape index (κ3) is 4.17. The lowest BCUT2D eigenvalue weighted by Crippen LogP contribution is -2.20. The van der Waals surface area contributed by atoms with Gasteiger partial charge in [0, 0.05) is 6.42 Å². The number of nitrogens with zero attached hydrogens (tertiary/aromatic N) is 1. The minimum Gasteiger partial charge on any atom is -0.480 e. The highest BCUT2D eigenvalue weighted by atomic mass is 16.4. The van der Waals surface area contributed by atoms with Crippen LogP contribution in [0.5, 0.6) is 0 Å². The molecule has 0 saturated heterocycles. The van der Waals surface area contributed by atoms with Gasteiger partial charge >= 0.3 is 5.97 Å². The van der Waals surface area contributed by atoms with Crippen LogP contribution in [0.4, 0.5) is 0 Å². The van der Waals surface area contributed by atoms with E-state index < -0.39 is 12.0 Å². The second kappa shape index (κ2) is 6.48. The van der Waals surface area contributed by atoms with Gasteiger partial charge in [-0.1, -0.05) is 30.3 Å². The second-order valence-electron chi connectivity index (χ2n) is 2.76. The molecule has 5 nitrogen and oxygen atoms in total. The maximum atomic E-state index is 10.6. The second-order valence-corrected chi connectivity index (χ2v) is 2.76. The lowest BCUT2D eigenvalue weighted by Gasteiger charge is -2.04. The minimum absolute atomic E-state index is 0. The number of benzene rings is 1. The first-order valence-electron chi connectivity index (χ1n) is 4.07. The summed E-state index contributed by atoms with van der Waals surface area (Å²) in [6.07, 6.45) is 1.48. The fourth-order valence-corrected chi connectivity index (χ4v) is 1.09. The number of hydrogen-bond donors (Lipinski definition) is 1. The lowest BCUT2D eigenvalue weighted by atomic mass is 10.1. The van der Waals surface area contributed by atoms with Crippen molar-refractivity contribution < 1.29 is 20.2 Å². The topological polar surface area (TPSA) is 98.2 Å². The van der Waals surface area contributed by atoms with Gasteiger partial charge in [-0.2, -0.15) is 4.99 Å². The van der Waals surface area contributed by atoms with E-state index in [0.717, 1.165) is 5.56 Å². The Morgan fingerprint density at radius 3 is 2.47 bits per heavy atom. The Morgan fingerprint density at radius 2 is 2.00 bits per heavy atom. The molecule has 0 saturated carbocycles. The first-order valence-corrected chi connectivity index (χ1v) is 4.07. The average molecular weight is 209 g/mol. The molecule has 1 aromatic rings. The number of carbonyl (C=O) groups is 1. The quantitative estimate of drug-likeness (QED) is 0.566. The number of rotatable bonds is 4. The fourth-order valence-electron chi connectivity index (χ4n) is 1.09. The molecule has 0 fully saturated rings. The Labute approximate surface area is 86.4 Å². The molecule has 1 atom stereocenters. The third-order valence-electron chi connectivity index (χ3n) is 1.77. The summed E-state index contributed by atoms with van der Waals surface area (Å²) in [4.78, 5) is 23.8. The van der Waals surface area contributed by atoms with Crippen molar-refractivity contribution in [2.45, 2.75) is 12.5 Å². The van der Waals surface area contributed by atoms with E-state index in [-0.39, 0.29) is 11.9 Å². The van der Waals surface area contributed by atoms with Crippen LogP contribution in [-0.4, -0.2) is 28.7 Å². The zero-order valence-electron chi connectivity index (χ0n) is 7.88. The molecule has 1 rings (SSSR count). The van der Waals surface area contributed by atoms with Crippen LogP contribution in [0.3, 0.4) is 0 Å². The van der Waals surface area contributed by atoms with E-state index in [1.165, 1.54) is 6.08 Å². The van der Waals surface area contributed by atoms with Gasteiger partial charge in [-0.25, -0.2) is 9.59 Å². The van der Waals surface area contributed by atoms with E-state index in [2.05, 4.69) is 4.99 Å². The van der Waals surface area contributed by atoms with Crippen molar-refractivity contribution in [3.8, 4) is 0 Å². The van der Waals surface area contributed by atoms with E-state index in [1.54, 1.807) is 24.3 Å². The summed E-state index contributed by atoms with van der Waals surface area (Å²) in [6.45, 7) is 0.